The quantitative estimate of drug-likeness (QED) is 0.924. The Morgan fingerprint density at radius 1 is 1.11 bits per heavy atom. The average Bonchev–Trinajstić information content (AvgIpc) is 2.38. The van der Waals surface area contributed by atoms with E-state index in [0.717, 1.165) is 11.1 Å². The second-order valence-corrected chi connectivity index (χ2v) is 4.63. The minimum absolute atomic E-state index is 0.333. The van der Waals surface area contributed by atoms with Crippen molar-refractivity contribution >= 4 is 11.6 Å². The predicted molar refractivity (Wildman–Crippen MR) is 73.1 cm³/mol. The van der Waals surface area contributed by atoms with Crippen LogP contribution in [0.1, 0.15) is 16.7 Å². The molecule has 0 bridgehead atoms. The Morgan fingerprint density at radius 2 is 1.89 bits per heavy atom. The maximum absolute atomic E-state index is 13.2. The zero-order chi connectivity index (χ0) is 13.7. The summed E-state index contributed by atoms with van der Waals surface area (Å²) in [5, 5.41) is 12.6. The molecule has 0 radical (unpaired) electrons. The number of hydrogen-bond acceptors (Lipinski definition) is 2. The number of benzene rings is 2. The minimum Gasteiger partial charge on any atom is -0.309 e. The first kappa shape index (κ1) is 13.5. The molecule has 0 unspecified atom stereocenters. The lowest BCUT2D eigenvalue weighted by Crippen LogP contribution is -2.12. The van der Waals surface area contributed by atoms with E-state index in [9.17, 15) is 4.39 Å². The predicted octanol–water partition coefficient (Wildman–Crippen LogP) is 3.64. The highest BCUT2D eigenvalue weighted by atomic mass is 35.5. The van der Waals surface area contributed by atoms with Gasteiger partial charge in [-0.05, 0) is 41.5 Å². The Labute approximate surface area is 116 Å². The van der Waals surface area contributed by atoms with Crippen molar-refractivity contribution in [3.05, 3.63) is 70.0 Å². The summed E-state index contributed by atoms with van der Waals surface area (Å²) < 4.78 is 13.2. The van der Waals surface area contributed by atoms with Gasteiger partial charge in [-0.2, -0.15) is 5.26 Å². The van der Waals surface area contributed by atoms with E-state index in [-0.39, 0.29) is 0 Å². The van der Waals surface area contributed by atoms with Crippen molar-refractivity contribution in [3.8, 4) is 6.07 Å². The van der Waals surface area contributed by atoms with Crippen LogP contribution in [0.25, 0.3) is 0 Å². The molecule has 0 amide bonds. The second-order valence-electron chi connectivity index (χ2n) is 4.19. The van der Waals surface area contributed by atoms with E-state index >= 15 is 0 Å². The van der Waals surface area contributed by atoms with Crippen LogP contribution >= 0.6 is 11.6 Å². The third-order valence-corrected chi connectivity index (χ3v) is 2.87. The highest BCUT2D eigenvalue weighted by Gasteiger charge is 2.01. The van der Waals surface area contributed by atoms with Gasteiger partial charge in [-0.1, -0.05) is 23.7 Å². The van der Waals surface area contributed by atoms with E-state index in [1.807, 2.05) is 30.3 Å². The molecule has 0 aliphatic rings. The Balaban J connectivity index is 1.96. The molecule has 0 spiro atoms. The van der Waals surface area contributed by atoms with Crippen LogP contribution in [0.15, 0.2) is 42.5 Å². The molecule has 0 saturated carbocycles. The fraction of sp³-hybridized carbons (Fsp3) is 0.133. The maximum atomic E-state index is 13.2. The molecule has 2 rings (SSSR count). The van der Waals surface area contributed by atoms with Gasteiger partial charge < -0.3 is 5.32 Å². The highest BCUT2D eigenvalue weighted by Crippen LogP contribution is 2.11. The molecule has 0 atom stereocenters. The Morgan fingerprint density at radius 3 is 2.63 bits per heavy atom. The normalized spacial score (nSPS) is 10.2. The average molecular weight is 275 g/mol. The molecular formula is C15H12ClFN2. The largest absolute Gasteiger partial charge is 0.309 e. The lowest BCUT2D eigenvalue weighted by atomic mass is 10.1. The van der Waals surface area contributed by atoms with Crippen LogP contribution in [0.5, 0.6) is 0 Å². The third-order valence-electron chi connectivity index (χ3n) is 2.63. The molecule has 96 valence electrons. The zero-order valence-electron chi connectivity index (χ0n) is 10.2. The van der Waals surface area contributed by atoms with Gasteiger partial charge in [-0.15, -0.1) is 0 Å². The smallest absolute Gasteiger partial charge is 0.124 e. The number of nitrogens with zero attached hydrogens (tertiary/aromatic N) is 1. The van der Waals surface area contributed by atoms with E-state index in [1.54, 1.807) is 6.07 Å². The lowest BCUT2D eigenvalue weighted by Gasteiger charge is -2.06. The van der Waals surface area contributed by atoms with Crippen LogP contribution in [0, 0.1) is 17.1 Å². The molecule has 2 nitrogen and oxygen atoms in total. The zero-order valence-corrected chi connectivity index (χ0v) is 10.9. The molecule has 2 aromatic rings. The summed E-state index contributed by atoms with van der Waals surface area (Å²) in [4.78, 5) is 0. The molecule has 0 aromatic heterocycles. The van der Waals surface area contributed by atoms with Gasteiger partial charge in [-0.3, -0.25) is 0 Å². The topological polar surface area (TPSA) is 35.8 Å². The number of halogens is 2. The first-order valence-electron chi connectivity index (χ1n) is 5.82. The van der Waals surface area contributed by atoms with Crippen molar-refractivity contribution in [2.24, 2.45) is 0 Å². The summed E-state index contributed by atoms with van der Waals surface area (Å²) in [5.74, 6) is -0.390. The molecule has 4 heteroatoms. The molecule has 19 heavy (non-hydrogen) atoms. The summed E-state index contributed by atoms with van der Waals surface area (Å²) in [5.41, 5.74) is 2.14. The van der Waals surface area contributed by atoms with Gasteiger partial charge in [0.25, 0.3) is 0 Å². The van der Waals surface area contributed by atoms with Gasteiger partial charge in [0.15, 0.2) is 0 Å². The summed E-state index contributed by atoms with van der Waals surface area (Å²) in [7, 11) is 0. The van der Waals surface area contributed by atoms with Gasteiger partial charge in [0.2, 0.25) is 0 Å². The Bertz CT molecular complexity index is 620. The molecule has 0 aliphatic carbocycles. The van der Waals surface area contributed by atoms with Crippen molar-refractivity contribution in [1.29, 1.82) is 5.26 Å². The molecule has 0 heterocycles. The van der Waals surface area contributed by atoms with Gasteiger partial charge in [0, 0.05) is 18.1 Å². The summed E-state index contributed by atoms with van der Waals surface area (Å²) in [6.07, 6.45) is 0. The van der Waals surface area contributed by atoms with Crippen LogP contribution in [-0.4, -0.2) is 0 Å². The van der Waals surface area contributed by atoms with Gasteiger partial charge in [-0.25, -0.2) is 4.39 Å². The molecular weight excluding hydrogens is 263 g/mol. The number of rotatable bonds is 4. The first-order valence-corrected chi connectivity index (χ1v) is 6.20. The van der Waals surface area contributed by atoms with Gasteiger partial charge in [0.1, 0.15) is 5.82 Å². The summed E-state index contributed by atoms with van der Waals surface area (Å²) >= 11 is 5.89. The molecule has 1 N–H and O–H groups in total. The standard InChI is InChI=1S/C15H12ClFN2/c16-14-3-1-2-11(5-14)9-19-10-13-4-12(8-18)6-15(17)7-13/h1-7,19H,9-10H2. The van der Waals surface area contributed by atoms with E-state index in [4.69, 9.17) is 16.9 Å². The van der Waals surface area contributed by atoms with Gasteiger partial charge in [0.05, 0.1) is 11.6 Å². The molecule has 0 aliphatic heterocycles. The fourth-order valence-corrected chi connectivity index (χ4v) is 2.03. The molecule has 0 fully saturated rings. The van der Waals surface area contributed by atoms with Crippen molar-refractivity contribution in [3.63, 3.8) is 0 Å². The third kappa shape index (κ3) is 4.06. The molecule has 0 saturated heterocycles. The van der Waals surface area contributed by atoms with E-state index in [0.29, 0.717) is 23.7 Å². The van der Waals surface area contributed by atoms with Crippen molar-refractivity contribution in [2.75, 3.05) is 0 Å². The molecule has 2 aromatic carbocycles. The van der Waals surface area contributed by atoms with E-state index in [1.165, 1.54) is 12.1 Å². The van der Waals surface area contributed by atoms with Crippen LogP contribution in [0.3, 0.4) is 0 Å². The van der Waals surface area contributed by atoms with Crippen LogP contribution in [0.4, 0.5) is 4.39 Å². The maximum Gasteiger partial charge on any atom is 0.124 e. The van der Waals surface area contributed by atoms with Crippen molar-refractivity contribution in [2.45, 2.75) is 13.1 Å². The lowest BCUT2D eigenvalue weighted by molar-refractivity contribution is 0.619. The number of hydrogen-bond donors (Lipinski definition) is 1. The monoisotopic (exact) mass is 274 g/mol. The summed E-state index contributed by atoms with van der Waals surface area (Å²) in [6, 6.07) is 13.8. The highest BCUT2D eigenvalue weighted by molar-refractivity contribution is 6.30. The van der Waals surface area contributed by atoms with E-state index in [2.05, 4.69) is 5.32 Å². The van der Waals surface area contributed by atoms with Crippen LogP contribution in [-0.2, 0) is 13.1 Å². The Hall–Kier alpha value is -1.89. The van der Waals surface area contributed by atoms with Crippen LogP contribution < -0.4 is 5.32 Å². The minimum atomic E-state index is -0.390. The van der Waals surface area contributed by atoms with Crippen molar-refractivity contribution < 1.29 is 4.39 Å². The second kappa shape index (κ2) is 6.33. The summed E-state index contributed by atoms with van der Waals surface area (Å²) in [6.45, 7) is 1.14. The SMILES string of the molecule is N#Cc1cc(F)cc(CNCc2cccc(Cl)c2)c1. The first-order chi connectivity index (χ1) is 9.17. The number of nitriles is 1. The van der Waals surface area contributed by atoms with Crippen molar-refractivity contribution in [1.82, 2.24) is 5.32 Å². The van der Waals surface area contributed by atoms with E-state index < -0.39 is 5.82 Å². The fourth-order valence-electron chi connectivity index (χ4n) is 1.82. The van der Waals surface area contributed by atoms with Crippen LogP contribution in [0.2, 0.25) is 5.02 Å². The number of nitrogens with one attached hydrogen (secondary N) is 1. The van der Waals surface area contributed by atoms with Gasteiger partial charge >= 0.3 is 0 Å². The Kier molecular flexibility index (Phi) is 4.51.